The van der Waals surface area contributed by atoms with Gasteiger partial charge < -0.3 is 14.9 Å². The van der Waals surface area contributed by atoms with E-state index in [0.717, 1.165) is 12.3 Å². The number of nitro groups is 1. The molecule has 0 radical (unpaired) electrons. The third-order valence-electron chi connectivity index (χ3n) is 2.97. The van der Waals surface area contributed by atoms with Gasteiger partial charge in [-0.3, -0.25) is 19.7 Å². The summed E-state index contributed by atoms with van der Waals surface area (Å²) in [4.78, 5) is 31.0. The summed E-state index contributed by atoms with van der Waals surface area (Å²) in [5, 5.41) is 10.2. The lowest BCUT2D eigenvalue weighted by molar-refractivity contribution is -0.385. The molecule has 0 saturated heterocycles. The minimum Gasteiger partial charge on any atom is -0.397 e. The van der Waals surface area contributed by atoms with Gasteiger partial charge >= 0.3 is 0 Å². The van der Waals surface area contributed by atoms with E-state index in [1.165, 1.54) is 0 Å². The molecule has 2 rings (SSSR count). The first-order valence-electron chi connectivity index (χ1n) is 7.18. The van der Waals surface area contributed by atoms with Crippen molar-refractivity contribution in [2.75, 3.05) is 5.73 Å². The minimum absolute atomic E-state index is 0. The number of nitrogens with two attached hydrogens (primary N) is 1. The average Bonchev–Trinajstić information content (AvgIpc) is 2.55. The second-order valence-electron chi connectivity index (χ2n) is 5.12. The summed E-state index contributed by atoms with van der Waals surface area (Å²) in [5.74, 6) is -2.55. The summed E-state index contributed by atoms with van der Waals surface area (Å²) in [6, 6.07) is 1.19. The maximum atomic E-state index is 12.8. The number of rotatable bonds is 5. The Labute approximate surface area is 158 Å². The molecule has 0 aromatic carbocycles. The summed E-state index contributed by atoms with van der Waals surface area (Å²) >= 11 is 0. The topological polar surface area (TPSA) is 113 Å². The van der Waals surface area contributed by atoms with Gasteiger partial charge in [-0.25, -0.2) is 26.3 Å². The number of halogens is 6. The van der Waals surface area contributed by atoms with Crippen LogP contribution in [0, 0.1) is 21.7 Å². The fourth-order valence-electron chi connectivity index (χ4n) is 1.87. The molecule has 0 aliphatic heterocycles. The number of anilines is 1. The highest BCUT2D eigenvalue weighted by Crippen LogP contribution is 2.10. The molecule has 0 spiro atoms. The van der Waals surface area contributed by atoms with E-state index in [0.29, 0.717) is 16.8 Å². The molecule has 14 heteroatoms. The lowest BCUT2D eigenvalue weighted by atomic mass is 10.4. The highest BCUT2D eigenvalue weighted by molar-refractivity contribution is 5.34. The SMILES string of the molecule is C.Nc1cc(F)c(=O)n(CC(F)F)c1.O=c1c(F)cc([N+](=O)[O-])cn1CC(F)F. The summed E-state index contributed by atoms with van der Waals surface area (Å²) in [5.41, 5.74) is 1.97. The van der Waals surface area contributed by atoms with E-state index in [9.17, 15) is 46.0 Å². The molecule has 2 aromatic heterocycles. The second-order valence-corrected chi connectivity index (χ2v) is 5.12. The van der Waals surface area contributed by atoms with Crippen molar-refractivity contribution in [3.8, 4) is 0 Å². The highest BCUT2D eigenvalue weighted by atomic mass is 19.3. The molecular weight excluding hydrogens is 414 g/mol. The Hall–Kier alpha value is -3.32. The molecule has 0 saturated carbocycles. The third kappa shape index (κ3) is 7.67. The Morgan fingerprint density at radius 3 is 1.76 bits per heavy atom. The van der Waals surface area contributed by atoms with Crippen LogP contribution in [0.5, 0.6) is 0 Å². The predicted molar refractivity (Wildman–Crippen MR) is 91.1 cm³/mol. The van der Waals surface area contributed by atoms with Crippen molar-refractivity contribution >= 4 is 11.4 Å². The van der Waals surface area contributed by atoms with Crippen molar-refractivity contribution in [2.45, 2.75) is 33.4 Å². The first kappa shape index (κ1) is 25.7. The van der Waals surface area contributed by atoms with Gasteiger partial charge in [-0.2, -0.15) is 0 Å². The molecule has 2 N–H and O–H groups in total. The molecule has 0 aliphatic rings. The molecule has 0 fully saturated rings. The fraction of sp³-hybridized carbons (Fsp3) is 0.333. The van der Waals surface area contributed by atoms with E-state index in [1.807, 2.05) is 0 Å². The van der Waals surface area contributed by atoms with Crippen LogP contribution in [-0.4, -0.2) is 26.9 Å². The first-order valence-corrected chi connectivity index (χ1v) is 7.18. The zero-order valence-electron chi connectivity index (χ0n) is 13.7. The van der Waals surface area contributed by atoms with Crippen LogP contribution < -0.4 is 16.9 Å². The number of alkyl halides is 4. The van der Waals surface area contributed by atoms with E-state index in [1.54, 1.807) is 0 Å². The van der Waals surface area contributed by atoms with Gasteiger partial charge in [0.1, 0.15) is 0 Å². The van der Waals surface area contributed by atoms with Crippen LogP contribution in [0.15, 0.2) is 34.1 Å². The van der Waals surface area contributed by atoms with Gasteiger partial charge in [0, 0.05) is 12.3 Å². The maximum absolute atomic E-state index is 12.8. The van der Waals surface area contributed by atoms with E-state index in [4.69, 9.17) is 5.73 Å². The quantitative estimate of drug-likeness (QED) is 0.445. The normalized spacial score (nSPS) is 10.3. The second kappa shape index (κ2) is 10.9. The van der Waals surface area contributed by atoms with Crippen molar-refractivity contribution in [2.24, 2.45) is 0 Å². The Kier molecular flexibility index (Phi) is 9.63. The molecule has 2 heterocycles. The number of nitrogen functional groups attached to an aromatic ring is 1. The Bertz CT molecular complexity index is 961. The molecule has 0 aliphatic carbocycles. The van der Waals surface area contributed by atoms with Crippen molar-refractivity contribution in [1.29, 1.82) is 0 Å². The van der Waals surface area contributed by atoms with E-state index in [-0.39, 0.29) is 17.7 Å². The summed E-state index contributed by atoms with van der Waals surface area (Å²) in [6.07, 6.45) is -4.03. The van der Waals surface area contributed by atoms with Crippen LogP contribution >= 0.6 is 0 Å². The van der Waals surface area contributed by atoms with Crippen molar-refractivity contribution in [3.05, 3.63) is 67.0 Å². The number of hydrogen-bond acceptors (Lipinski definition) is 5. The zero-order chi connectivity index (χ0) is 21.6. The van der Waals surface area contributed by atoms with Crippen LogP contribution in [0.4, 0.5) is 37.7 Å². The smallest absolute Gasteiger partial charge is 0.288 e. The monoisotopic (exact) mass is 430 g/mol. The van der Waals surface area contributed by atoms with E-state index in [2.05, 4.69) is 0 Å². The largest absolute Gasteiger partial charge is 0.397 e. The lowest BCUT2D eigenvalue weighted by Crippen LogP contribution is -2.25. The average molecular weight is 430 g/mol. The van der Waals surface area contributed by atoms with E-state index < -0.39 is 59.3 Å². The predicted octanol–water partition coefficient (Wildman–Crippen LogP) is 2.63. The molecule has 8 nitrogen and oxygen atoms in total. The number of pyridine rings is 2. The van der Waals surface area contributed by atoms with Crippen LogP contribution in [0.1, 0.15) is 7.43 Å². The first-order chi connectivity index (χ1) is 12.9. The summed E-state index contributed by atoms with van der Waals surface area (Å²) in [7, 11) is 0. The van der Waals surface area contributed by atoms with Gasteiger partial charge in [0.25, 0.3) is 29.7 Å². The van der Waals surface area contributed by atoms with Gasteiger partial charge in [-0.1, -0.05) is 7.43 Å². The minimum atomic E-state index is -2.89. The zero-order valence-corrected chi connectivity index (χ0v) is 13.7. The third-order valence-corrected chi connectivity index (χ3v) is 2.97. The molecule has 0 atom stereocenters. The molecule has 0 amide bonds. The van der Waals surface area contributed by atoms with Crippen LogP contribution in [0.3, 0.4) is 0 Å². The molecular formula is C15H16F6N4O4. The molecule has 29 heavy (non-hydrogen) atoms. The Balaban J connectivity index is 0.000000527. The van der Waals surface area contributed by atoms with Crippen LogP contribution in [0.25, 0.3) is 0 Å². The summed E-state index contributed by atoms with van der Waals surface area (Å²) < 4.78 is 73.7. The van der Waals surface area contributed by atoms with Crippen molar-refractivity contribution < 1.29 is 31.3 Å². The number of hydrogen-bond donors (Lipinski definition) is 1. The lowest BCUT2D eigenvalue weighted by Gasteiger charge is -2.05. The van der Waals surface area contributed by atoms with Gasteiger partial charge in [-0.05, 0) is 0 Å². The van der Waals surface area contributed by atoms with Gasteiger partial charge in [0.15, 0.2) is 11.6 Å². The standard InChI is InChI=1S/C7H5F3N2O3.C7H7F3N2O.CH4/c8-5-1-4(12(14)15)2-11(7(5)13)3-6(9)10;8-5-1-4(11)2-12(7(5)13)3-6(9)10;/h1-2,6H,3H2;1-2,6H,3,11H2;1H4. The highest BCUT2D eigenvalue weighted by Gasteiger charge is 2.15. The molecule has 0 bridgehead atoms. The fourth-order valence-corrected chi connectivity index (χ4v) is 1.87. The van der Waals surface area contributed by atoms with Gasteiger partial charge in [0.05, 0.1) is 36.0 Å². The van der Waals surface area contributed by atoms with Gasteiger partial charge in [0.2, 0.25) is 0 Å². The maximum Gasteiger partial charge on any atom is 0.288 e. The van der Waals surface area contributed by atoms with Crippen molar-refractivity contribution in [1.82, 2.24) is 9.13 Å². The molecule has 2 aromatic rings. The van der Waals surface area contributed by atoms with Crippen LogP contribution in [-0.2, 0) is 13.1 Å². The van der Waals surface area contributed by atoms with Crippen molar-refractivity contribution in [3.63, 3.8) is 0 Å². The molecule has 162 valence electrons. The Morgan fingerprint density at radius 1 is 0.931 bits per heavy atom. The van der Waals surface area contributed by atoms with E-state index >= 15 is 0 Å². The van der Waals surface area contributed by atoms with Gasteiger partial charge in [-0.15, -0.1) is 0 Å². The number of nitrogens with zero attached hydrogens (tertiary/aromatic N) is 3. The summed E-state index contributed by atoms with van der Waals surface area (Å²) in [6.45, 7) is -1.92. The Morgan fingerprint density at radius 2 is 1.34 bits per heavy atom. The molecule has 0 unspecified atom stereocenters. The number of aromatic nitrogens is 2. The van der Waals surface area contributed by atoms with Crippen LogP contribution in [0.2, 0.25) is 0 Å².